The van der Waals surface area contributed by atoms with Gasteiger partial charge in [0.15, 0.2) is 0 Å². The first kappa shape index (κ1) is 21.9. The zero-order chi connectivity index (χ0) is 20.2. The van der Waals surface area contributed by atoms with Crippen molar-refractivity contribution in [1.29, 1.82) is 0 Å². The molecular weight excluding hydrogens is 360 g/mol. The standard InChI is InChI=1S/C17H24N2O8/c1-12(20)18-13-5-6-15(23-2)14(11-13)19(7-9-26-16(21)24-3)8-10-27-17(22)25-4/h5-6,11H,7-10H2,1-4H3,(H,18,20). The number of rotatable bonds is 9. The van der Waals surface area contributed by atoms with Gasteiger partial charge in [0.1, 0.15) is 19.0 Å². The average molecular weight is 384 g/mol. The first-order valence-corrected chi connectivity index (χ1v) is 8.03. The van der Waals surface area contributed by atoms with E-state index in [4.69, 9.17) is 14.2 Å². The van der Waals surface area contributed by atoms with Crippen LogP contribution in [-0.2, 0) is 23.7 Å². The van der Waals surface area contributed by atoms with Gasteiger partial charge in [-0.25, -0.2) is 9.59 Å². The van der Waals surface area contributed by atoms with Crippen LogP contribution in [0.1, 0.15) is 6.92 Å². The van der Waals surface area contributed by atoms with Gasteiger partial charge in [0, 0.05) is 12.6 Å². The highest BCUT2D eigenvalue weighted by molar-refractivity contribution is 5.89. The van der Waals surface area contributed by atoms with Crippen molar-refractivity contribution in [2.24, 2.45) is 0 Å². The second-order valence-electron chi connectivity index (χ2n) is 5.16. The maximum atomic E-state index is 11.3. The predicted octanol–water partition coefficient (Wildman–Crippen LogP) is 2.03. The number of hydrogen-bond acceptors (Lipinski definition) is 9. The summed E-state index contributed by atoms with van der Waals surface area (Å²) < 4.78 is 24.1. The molecule has 0 saturated heterocycles. The molecule has 0 radical (unpaired) electrons. The lowest BCUT2D eigenvalue weighted by Crippen LogP contribution is -2.32. The fourth-order valence-electron chi connectivity index (χ4n) is 2.17. The monoisotopic (exact) mass is 384 g/mol. The molecule has 0 aliphatic carbocycles. The molecular formula is C17H24N2O8. The molecule has 0 atom stereocenters. The lowest BCUT2D eigenvalue weighted by Gasteiger charge is -2.26. The first-order valence-electron chi connectivity index (χ1n) is 8.03. The Kier molecular flexibility index (Phi) is 9.27. The first-order chi connectivity index (χ1) is 12.9. The van der Waals surface area contributed by atoms with E-state index >= 15 is 0 Å². The molecule has 27 heavy (non-hydrogen) atoms. The number of hydrogen-bond donors (Lipinski definition) is 1. The highest BCUT2D eigenvalue weighted by Gasteiger charge is 2.15. The van der Waals surface area contributed by atoms with Crippen molar-refractivity contribution < 1.29 is 38.1 Å². The summed E-state index contributed by atoms with van der Waals surface area (Å²) in [7, 11) is 3.93. The fraction of sp³-hybridized carbons (Fsp3) is 0.471. The van der Waals surface area contributed by atoms with Crippen molar-refractivity contribution >= 4 is 29.6 Å². The summed E-state index contributed by atoms with van der Waals surface area (Å²) in [6.07, 6.45) is -1.61. The maximum absolute atomic E-state index is 11.3. The van der Waals surface area contributed by atoms with Crippen LogP contribution < -0.4 is 15.0 Å². The van der Waals surface area contributed by atoms with Crippen LogP contribution in [0.2, 0.25) is 0 Å². The number of nitrogens with zero attached hydrogens (tertiary/aromatic N) is 1. The third-order valence-electron chi connectivity index (χ3n) is 3.34. The van der Waals surface area contributed by atoms with Gasteiger partial charge in [0.2, 0.25) is 5.91 Å². The molecule has 0 fully saturated rings. The molecule has 0 spiro atoms. The quantitative estimate of drug-likeness (QED) is 0.639. The van der Waals surface area contributed by atoms with E-state index in [0.717, 1.165) is 0 Å². The van der Waals surface area contributed by atoms with E-state index in [-0.39, 0.29) is 32.2 Å². The van der Waals surface area contributed by atoms with Gasteiger partial charge in [-0.3, -0.25) is 4.79 Å². The van der Waals surface area contributed by atoms with Crippen LogP contribution in [0.25, 0.3) is 0 Å². The summed E-state index contributed by atoms with van der Waals surface area (Å²) >= 11 is 0. The minimum absolute atomic E-state index is 0.0262. The molecule has 0 bridgehead atoms. The molecule has 10 heteroatoms. The minimum atomic E-state index is -0.806. The van der Waals surface area contributed by atoms with Crippen molar-refractivity contribution in [3.8, 4) is 5.75 Å². The van der Waals surface area contributed by atoms with Crippen molar-refractivity contribution in [2.75, 3.05) is 57.8 Å². The molecule has 150 valence electrons. The van der Waals surface area contributed by atoms with Gasteiger partial charge >= 0.3 is 12.3 Å². The van der Waals surface area contributed by atoms with Crippen LogP contribution in [0.5, 0.6) is 5.75 Å². The van der Waals surface area contributed by atoms with Crippen LogP contribution in [0.4, 0.5) is 21.0 Å². The molecule has 0 unspecified atom stereocenters. The van der Waals surface area contributed by atoms with E-state index in [2.05, 4.69) is 14.8 Å². The molecule has 1 rings (SSSR count). The smallest absolute Gasteiger partial charge is 0.495 e. The normalized spacial score (nSPS) is 9.78. The molecule has 0 heterocycles. The lowest BCUT2D eigenvalue weighted by molar-refractivity contribution is -0.114. The van der Waals surface area contributed by atoms with Crippen LogP contribution in [0.15, 0.2) is 18.2 Å². The number of methoxy groups -OCH3 is 3. The summed E-state index contributed by atoms with van der Waals surface area (Å²) in [4.78, 5) is 35.4. The Morgan fingerprint density at radius 2 is 1.52 bits per heavy atom. The van der Waals surface area contributed by atoms with Gasteiger partial charge in [-0.2, -0.15) is 0 Å². The number of nitrogens with one attached hydrogen (secondary N) is 1. The summed E-state index contributed by atoms with van der Waals surface area (Å²) in [5.74, 6) is 0.306. The number of amides is 1. The van der Waals surface area contributed by atoms with Crippen LogP contribution in [0, 0.1) is 0 Å². The van der Waals surface area contributed by atoms with Crippen molar-refractivity contribution in [3.05, 3.63) is 18.2 Å². The molecule has 0 aromatic heterocycles. The Labute approximate surface area is 157 Å². The third kappa shape index (κ3) is 7.72. The summed E-state index contributed by atoms with van der Waals surface area (Å²) in [5, 5.41) is 2.69. The highest BCUT2D eigenvalue weighted by atomic mass is 16.7. The second kappa shape index (κ2) is 11.4. The van der Waals surface area contributed by atoms with E-state index in [9.17, 15) is 14.4 Å². The van der Waals surface area contributed by atoms with Crippen molar-refractivity contribution in [1.82, 2.24) is 0 Å². The number of anilines is 2. The molecule has 0 aliphatic rings. The van der Waals surface area contributed by atoms with E-state index < -0.39 is 12.3 Å². The SMILES string of the molecule is COC(=O)OCCN(CCOC(=O)OC)c1cc(NC(C)=O)ccc1OC. The van der Waals surface area contributed by atoms with Gasteiger partial charge in [0.05, 0.1) is 40.1 Å². The van der Waals surface area contributed by atoms with Crippen molar-refractivity contribution in [3.63, 3.8) is 0 Å². The van der Waals surface area contributed by atoms with Crippen molar-refractivity contribution in [2.45, 2.75) is 6.92 Å². The van der Waals surface area contributed by atoms with E-state index in [1.165, 1.54) is 28.3 Å². The Balaban J connectivity index is 2.97. The van der Waals surface area contributed by atoms with Crippen LogP contribution in [-0.4, -0.2) is 65.9 Å². The molecule has 10 nitrogen and oxygen atoms in total. The van der Waals surface area contributed by atoms with E-state index in [1.54, 1.807) is 23.1 Å². The largest absolute Gasteiger partial charge is 0.508 e. The lowest BCUT2D eigenvalue weighted by atomic mass is 10.2. The van der Waals surface area contributed by atoms with Gasteiger partial charge in [-0.1, -0.05) is 0 Å². The fourth-order valence-corrected chi connectivity index (χ4v) is 2.17. The van der Waals surface area contributed by atoms with Gasteiger partial charge in [-0.15, -0.1) is 0 Å². The summed E-state index contributed by atoms with van der Waals surface area (Å²) in [6.45, 7) is 1.98. The number of benzene rings is 1. The number of carbonyl (C=O) groups is 3. The Morgan fingerprint density at radius 3 is 1.96 bits per heavy atom. The minimum Gasteiger partial charge on any atom is -0.495 e. The Bertz CT molecular complexity index is 628. The number of ether oxygens (including phenoxy) is 5. The van der Waals surface area contributed by atoms with Crippen LogP contribution in [0.3, 0.4) is 0 Å². The topological polar surface area (TPSA) is 113 Å². The zero-order valence-electron chi connectivity index (χ0n) is 15.8. The zero-order valence-corrected chi connectivity index (χ0v) is 15.8. The molecule has 1 aromatic rings. The Morgan fingerprint density at radius 1 is 0.963 bits per heavy atom. The molecule has 1 aromatic carbocycles. The van der Waals surface area contributed by atoms with Gasteiger partial charge < -0.3 is 33.9 Å². The second-order valence-corrected chi connectivity index (χ2v) is 5.16. The van der Waals surface area contributed by atoms with Crippen LogP contribution >= 0.6 is 0 Å². The molecule has 0 aliphatic heterocycles. The summed E-state index contributed by atoms with van der Waals surface area (Å²) in [5.41, 5.74) is 1.18. The summed E-state index contributed by atoms with van der Waals surface area (Å²) in [6, 6.07) is 5.09. The van der Waals surface area contributed by atoms with Gasteiger partial charge in [0.25, 0.3) is 0 Å². The molecule has 0 saturated carbocycles. The number of carbonyl (C=O) groups excluding carboxylic acids is 3. The average Bonchev–Trinajstić information content (AvgIpc) is 2.65. The van der Waals surface area contributed by atoms with Gasteiger partial charge in [-0.05, 0) is 18.2 Å². The van der Waals surface area contributed by atoms with E-state index in [0.29, 0.717) is 17.1 Å². The predicted molar refractivity (Wildman–Crippen MR) is 96.2 cm³/mol. The highest BCUT2D eigenvalue weighted by Crippen LogP contribution is 2.31. The third-order valence-corrected chi connectivity index (χ3v) is 3.34. The molecule has 1 amide bonds. The molecule has 1 N–H and O–H groups in total. The van der Waals surface area contributed by atoms with E-state index in [1.807, 2.05) is 0 Å². The Hall–Kier alpha value is -3.17. The maximum Gasteiger partial charge on any atom is 0.508 e.